The van der Waals surface area contributed by atoms with Crippen LogP contribution in [-0.4, -0.2) is 5.91 Å². The Morgan fingerprint density at radius 1 is 1.11 bits per heavy atom. The fourth-order valence-corrected chi connectivity index (χ4v) is 2.05. The normalized spacial score (nSPS) is 10.3. The molecule has 0 spiro atoms. The van der Waals surface area contributed by atoms with Crippen molar-refractivity contribution in [3.05, 3.63) is 63.4 Å². The van der Waals surface area contributed by atoms with Crippen LogP contribution in [0.4, 0.5) is 10.1 Å². The Labute approximate surface area is 119 Å². The van der Waals surface area contributed by atoms with Gasteiger partial charge in [-0.15, -0.1) is 0 Å². The third-order valence-electron chi connectivity index (χ3n) is 2.85. The lowest BCUT2D eigenvalue weighted by molar-refractivity contribution is 0.102. The molecule has 0 atom stereocenters. The molecule has 0 radical (unpaired) electrons. The van der Waals surface area contributed by atoms with Gasteiger partial charge < -0.3 is 5.32 Å². The fourth-order valence-electron chi connectivity index (χ4n) is 1.80. The molecule has 0 heterocycles. The Kier molecular flexibility index (Phi) is 4.00. The van der Waals surface area contributed by atoms with Crippen molar-refractivity contribution in [2.75, 3.05) is 5.32 Å². The van der Waals surface area contributed by atoms with E-state index < -0.39 is 0 Å². The van der Waals surface area contributed by atoms with Crippen LogP contribution < -0.4 is 5.32 Å². The van der Waals surface area contributed by atoms with E-state index in [0.717, 1.165) is 15.7 Å². The predicted octanol–water partition coefficient (Wildman–Crippen LogP) is 4.46. The first-order valence-corrected chi connectivity index (χ1v) is 6.60. The standard InChI is InChI=1S/C15H13BrFNO/c1-9-7-11(17)3-5-13(9)15(19)18-12-4-6-14(16)10(2)8-12/h3-8H,1-2H3,(H,18,19). The van der Waals surface area contributed by atoms with Crippen molar-refractivity contribution < 1.29 is 9.18 Å². The minimum atomic E-state index is -0.339. The van der Waals surface area contributed by atoms with Crippen molar-refractivity contribution in [3.8, 4) is 0 Å². The molecule has 98 valence electrons. The van der Waals surface area contributed by atoms with Crippen LogP contribution in [0.1, 0.15) is 21.5 Å². The van der Waals surface area contributed by atoms with Gasteiger partial charge in [0.2, 0.25) is 0 Å². The molecule has 0 fully saturated rings. The number of hydrogen-bond donors (Lipinski definition) is 1. The Hall–Kier alpha value is -1.68. The maximum atomic E-state index is 13.0. The van der Waals surface area contributed by atoms with Crippen LogP contribution in [0.3, 0.4) is 0 Å². The van der Waals surface area contributed by atoms with Crippen molar-refractivity contribution in [2.45, 2.75) is 13.8 Å². The zero-order chi connectivity index (χ0) is 14.0. The van der Waals surface area contributed by atoms with E-state index in [4.69, 9.17) is 0 Å². The van der Waals surface area contributed by atoms with Gasteiger partial charge in [-0.3, -0.25) is 4.79 Å². The van der Waals surface area contributed by atoms with Gasteiger partial charge in [0, 0.05) is 15.7 Å². The molecule has 1 N–H and O–H groups in total. The molecule has 0 saturated carbocycles. The Balaban J connectivity index is 2.23. The summed E-state index contributed by atoms with van der Waals surface area (Å²) >= 11 is 3.41. The van der Waals surface area contributed by atoms with E-state index in [-0.39, 0.29) is 11.7 Å². The van der Waals surface area contributed by atoms with Crippen LogP contribution in [0.25, 0.3) is 0 Å². The van der Waals surface area contributed by atoms with Gasteiger partial charge in [0.15, 0.2) is 0 Å². The van der Waals surface area contributed by atoms with E-state index in [2.05, 4.69) is 21.2 Å². The second kappa shape index (κ2) is 5.53. The fraction of sp³-hybridized carbons (Fsp3) is 0.133. The third-order valence-corrected chi connectivity index (χ3v) is 3.74. The first kappa shape index (κ1) is 13.7. The van der Waals surface area contributed by atoms with Gasteiger partial charge in [-0.1, -0.05) is 15.9 Å². The molecule has 0 bridgehead atoms. The molecule has 0 unspecified atom stereocenters. The number of carbonyl (C=O) groups excluding carboxylic acids is 1. The lowest BCUT2D eigenvalue weighted by atomic mass is 10.1. The molecule has 19 heavy (non-hydrogen) atoms. The summed E-state index contributed by atoms with van der Waals surface area (Å²) in [6.07, 6.45) is 0. The predicted molar refractivity (Wildman–Crippen MR) is 78.0 cm³/mol. The molecule has 0 saturated heterocycles. The number of halogens is 2. The molecule has 0 aliphatic rings. The van der Waals surface area contributed by atoms with Crippen molar-refractivity contribution in [1.29, 1.82) is 0 Å². The van der Waals surface area contributed by atoms with Crippen LogP contribution in [-0.2, 0) is 0 Å². The molecule has 0 aromatic heterocycles. The molecule has 1 amide bonds. The lowest BCUT2D eigenvalue weighted by Crippen LogP contribution is -2.13. The van der Waals surface area contributed by atoms with Gasteiger partial charge in [-0.25, -0.2) is 4.39 Å². The summed E-state index contributed by atoms with van der Waals surface area (Å²) in [4.78, 5) is 12.1. The van der Waals surface area contributed by atoms with E-state index >= 15 is 0 Å². The van der Waals surface area contributed by atoms with E-state index in [1.807, 2.05) is 25.1 Å². The quantitative estimate of drug-likeness (QED) is 0.869. The van der Waals surface area contributed by atoms with Crippen LogP contribution in [0.15, 0.2) is 40.9 Å². The van der Waals surface area contributed by atoms with Gasteiger partial charge in [-0.05, 0) is 61.4 Å². The van der Waals surface area contributed by atoms with Crippen LogP contribution in [0.5, 0.6) is 0 Å². The Bertz CT molecular complexity index is 640. The SMILES string of the molecule is Cc1cc(NC(=O)c2ccc(F)cc2C)ccc1Br. The number of hydrogen-bond acceptors (Lipinski definition) is 1. The molecule has 2 rings (SSSR count). The van der Waals surface area contributed by atoms with Crippen molar-refractivity contribution in [1.82, 2.24) is 0 Å². The van der Waals surface area contributed by atoms with E-state index in [1.165, 1.54) is 18.2 Å². The third kappa shape index (κ3) is 3.20. The van der Waals surface area contributed by atoms with E-state index in [9.17, 15) is 9.18 Å². The zero-order valence-corrected chi connectivity index (χ0v) is 12.2. The van der Waals surface area contributed by atoms with Gasteiger partial charge in [0.05, 0.1) is 0 Å². The Morgan fingerprint density at radius 2 is 1.84 bits per heavy atom. The molecule has 4 heteroatoms. The van der Waals surface area contributed by atoms with Gasteiger partial charge in [0.25, 0.3) is 5.91 Å². The number of nitrogens with one attached hydrogen (secondary N) is 1. The molecule has 2 aromatic carbocycles. The molecule has 0 aliphatic heterocycles. The van der Waals surface area contributed by atoms with Crippen LogP contribution in [0, 0.1) is 19.7 Å². The minimum absolute atomic E-state index is 0.237. The second-order valence-electron chi connectivity index (χ2n) is 4.38. The maximum absolute atomic E-state index is 13.0. The number of amides is 1. The summed E-state index contributed by atoms with van der Waals surface area (Å²) in [5, 5.41) is 2.80. The summed E-state index contributed by atoms with van der Waals surface area (Å²) in [7, 11) is 0. The summed E-state index contributed by atoms with van der Waals surface area (Å²) in [6.45, 7) is 3.66. The summed E-state index contributed by atoms with van der Waals surface area (Å²) in [6, 6.07) is 9.69. The smallest absolute Gasteiger partial charge is 0.255 e. The number of carbonyl (C=O) groups is 1. The maximum Gasteiger partial charge on any atom is 0.255 e. The number of benzene rings is 2. The van der Waals surface area contributed by atoms with Crippen molar-refractivity contribution >= 4 is 27.5 Å². The molecular formula is C15H13BrFNO. The average Bonchev–Trinajstić information content (AvgIpc) is 2.33. The second-order valence-corrected chi connectivity index (χ2v) is 5.23. The summed E-state index contributed by atoms with van der Waals surface area (Å²) < 4.78 is 14.0. The lowest BCUT2D eigenvalue weighted by Gasteiger charge is -2.09. The average molecular weight is 322 g/mol. The molecule has 2 nitrogen and oxygen atoms in total. The van der Waals surface area contributed by atoms with E-state index in [0.29, 0.717) is 11.1 Å². The van der Waals surface area contributed by atoms with Crippen LogP contribution in [0.2, 0.25) is 0 Å². The zero-order valence-electron chi connectivity index (χ0n) is 10.6. The highest BCUT2D eigenvalue weighted by molar-refractivity contribution is 9.10. The largest absolute Gasteiger partial charge is 0.322 e. The molecule has 0 aliphatic carbocycles. The number of anilines is 1. The number of aryl methyl sites for hydroxylation is 2. The van der Waals surface area contributed by atoms with Gasteiger partial charge in [-0.2, -0.15) is 0 Å². The summed E-state index contributed by atoms with van der Waals surface area (Å²) in [5.41, 5.74) is 2.84. The topological polar surface area (TPSA) is 29.1 Å². The highest BCUT2D eigenvalue weighted by Gasteiger charge is 2.10. The number of rotatable bonds is 2. The van der Waals surface area contributed by atoms with E-state index in [1.54, 1.807) is 6.92 Å². The molecule has 2 aromatic rings. The van der Waals surface area contributed by atoms with Crippen LogP contribution >= 0.6 is 15.9 Å². The minimum Gasteiger partial charge on any atom is -0.322 e. The highest BCUT2D eigenvalue weighted by Crippen LogP contribution is 2.21. The monoisotopic (exact) mass is 321 g/mol. The first-order chi connectivity index (χ1) is 8.97. The van der Waals surface area contributed by atoms with Crippen molar-refractivity contribution in [2.24, 2.45) is 0 Å². The Morgan fingerprint density at radius 3 is 2.47 bits per heavy atom. The van der Waals surface area contributed by atoms with Gasteiger partial charge in [0.1, 0.15) is 5.82 Å². The highest BCUT2D eigenvalue weighted by atomic mass is 79.9. The summed E-state index contributed by atoms with van der Waals surface area (Å²) in [5.74, 6) is -0.576. The van der Waals surface area contributed by atoms with Crippen molar-refractivity contribution in [3.63, 3.8) is 0 Å². The molecular weight excluding hydrogens is 309 g/mol. The first-order valence-electron chi connectivity index (χ1n) is 5.81. The van der Waals surface area contributed by atoms with Gasteiger partial charge >= 0.3 is 0 Å².